The van der Waals surface area contributed by atoms with E-state index in [1.54, 1.807) is 35.3 Å². The molecule has 2 aromatic heterocycles. The van der Waals surface area contributed by atoms with Crippen LogP contribution in [0.3, 0.4) is 0 Å². The molecule has 27 heavy (non-hydrogen) atoms. The number of nitrogens with zero attached hydrogens (tertiary/aromatic N) is 3. The summed E-state index contributed by atoms with van der Waals surface area (Å²) in [6.07, 6.45) is 0. The molecular weight excluding hydrogens is 360 g/mol. The molecule has 0 unspecified atom stereocenters. The first-order chi connectivity index (χ1) is 13.3. The summed E-state index contributed by atoms with van der Waals surface area (Å²) in [5.41, 5.74) is 1.41. The Bertz CT molecular complexity index is 1060. The lowest BCUT2D eigenvalue weighted by atomic mass is 10.3. The van der Waals surface area contributed by atoms with Crippen molar-refractivity contribution in [3.8, 4) is 22.1 Å². The quantitative estimate of drug-likeness (QED) is 0.565. The topological polar surface area (TPSA) is 69.0 Å². The maximum atomic E-state index is 12.7. The van der Waals surface area contributed by atoms with Crippen LogP contribution < -0.4 is 10.1 Å². The van der Waals surface area contributed by atoms with Gasteiger partial charge in [0.05, 0.1) is 23.4 Å². The fraction of sp³-hybridized carbons (Fsp3) is 0.0500. The second kappa shape index (κ2) is 7.43. The predicted octanol–water partition coefficient (Wildman–Crippen LogP) is 4.26. The van der Waals surface area contributed by atoms with Gasteiger partial charge in [0.1, 0.15) is 5.75 Å². The SMILES string of the molecule is COc1ccccc1NC(=O)c1nc(-c2cccs2)n(-c2ccccc2)n1. The van der Waals surface area contributed by atoms with E-state index >= 15 is 0 Å². The molecule has 0 aliphatic heterocycles. The summed E-state index contributed by atoms with van der Waals surface area (Å²) in [5, 5.41) is 9.23. The molecule has 0 spiro atoms. The van der Waals surface area contributed by atoms with Crippen molar-refractivity contribution in [2.45, 2.75) is 0 Å². The fourth-order valence-electron chi connectivity index (χ4n) is 2.65. The number of carbonyl (C=O) groups is 1. The van der Waals surface area contributed by atoms with E-state index < -0.39 is 5.91 Å². The maximum absolute atomic E-state index is 12.7. The lowest BCUT2D eigenvalue weighted by Gasteiger charge is -2.07. The molecule has 7 heteroatoms. The summed E-state index contributed by atoms with van der Waals surface area (Å²) in [5.74, 6) is 0.897. The monoisotopic (exact) mass is 376 g/mol. The lowest BCUT2D eigenvalue weighted by Crippen LogP contribution is -2.14. The van der Waals surface area contributed by atoms with E-state index in [2.05, 4.69) is 15.4 Å². The molecule has 0 radical (unpaired) electrons. The van der Waals surface area contributed by atoms with Gasteiger partial charge in [-0.05, 0) is 35.7 Å². The van der Waals surface area contributed by atoms with Crippen LogP contribution in [0.15, 0.2) is 72.1 Å². The molecule has 4 aromatic rings. The van der Waals surface area contributed by atoms with Gasteiger partial charge in [0.25, 0.3) is 5.91 Å². The number of anilines is 1. The zero-order chi connectivity index (χ0) is 18.6. The summed E-state index contributed by atoms with van der Waals surface area (Å²) in [6.45, 7) is 0. The minimum atomic E-state index is -0.396. The Morgan fingerprint density at radius 3 is 2.56 bits per heavy atom. The van der Waals surface area contributed by atoms with Gasteiger partial charge in [0.2, 0.25) is 5.82 Å². The van der Waals surface area contributed by atoms with Gasteiger partial charge in [-0.2, -0.15) is 0 Å². The molecule has 1 N–H and O–H groups in total. The largest absolute Gasteiger partial charge is 0.495 e. The van der Waals surface area contributed by atoms with Crippen molar-refractivity contribution in [2.24, 2.45) is 0 Å². The fourth-order valence-corrected chi connectivity index (χ4v) is 3.35. The summed E-state index contributed by atoms with van der Waals surface area (Å²) in [7, 11) is 1.56. The average Bonchev–Trinajstić information content (AvgIpc) is 3.39. The molecule has 0 saturated heterocycles. The smallest absolute Gasteiger partial charge is 0.295 e. The van der Waals surface area contributed by atoms with E-state index in [4.69, 9.17) is 4.74 Å². The summed E-state index contributed by atoms with van der Waals surface area (Å²) in [4.78, 5) is 18.2. The Balaban J connectivity index is 1.72. The standard InChI is InChI=1S/C20H16N4O2S/c1-26-16-11-6-5-10-15(16)21-20(25)18-22-19(17-12-7-13-27-17)24(23-18)14-8-3-2-4-9-14/h2-13H,1H3,(H,21,25). The van der Waals surface area contributed by atoms with Crippen LogP contribution in [0.5, 0.6) is 5.75 Å². The average molecular weight is 376 g/mol. The summed E-state index contributed by atoms with van der Waals surface area (Å²) < 4.78 is 6.96. The van der Waals surface area contributed by atoms with Crippen molar-refractivity contribution in [1.29, 1.82) is 0 Å². The number of nitrogens with one attached hydrogen (secondary N) is 1. The van der Waals surface area contributed by atoms with Crippen LogP contribution >= 0.6 is 11.3 Å². The van der Waals surface area contributed by atoms with E-state index in [9.17, 15) is 4.79 Å². The molecule has 0 aliphatic carbocycles. The van der Waals surface area contributed by atoms with E-state index in [1.807, 2.05) is 60.0 Å². The minimum Gasteiger partial charge on any atom is -0.495 e. The number of aromatic nitrogens is 3. The summed E-state index contributed by atoms with van der Waals surface area (Å²) in [6, 6.07) is 20.7. The lowest BCUT2D eigenvalue weighted by molar-refractivity contribution is 0.101. The molecule has 0 aliphatic rings. The van der Waals surface area contributed by atoms with Crippen LogP contribution in [0.1, 0.15) is 10.6 Å². The van der Waals surface area contributed by atoms with Crippen molar-refractivity contribution in [3.05, 3.63) is 77.9 Å². The Kier molecular flexibility index (Phi) is 4.67. The van der Waals surface area contributed by atoms with Crippen LogP contribution in [-0.4, -0.2) is 27.8 Å². The third kappa shape index (κ3) is 3.45. The van der Waals surface area contributed by atoms with Gasteiger partial charge in [0.15, 0.2) is 5.82 Å². The van der Waals surface area contributed by atoms with E-state index in [0.717, 1.165) is 10.6 Å². The number of benzene rings is 2. The van der Waals surface area contributed by atoms with Crippen molar-refractivity contribution in [1.82, 2.24) is 14.8 Å². The predicted molar refractivity (Wildman–Crippen MR) is 106 cm³/mol. The first-order valence-corrected chi connectivity index (χ1v) is 9.15. The number of carbonyl (C=O) groups excluding carboxylic acids is 1. The first kappa shape index (κ1) is 17.0. The van der Waals surface area contributed by atoms with Crippen molar-refractivity contribution < 1.29 is 9.53 Å². The molecule has 0 fully saturated rings. The highest BCUT2D eigenvalue weighted by Gasteiger charge is 2.20. The third-order valence-corrected chi connectivity index (χ3v) is 4.77. The van der Waals surface area contributed by atoms with Crippen molar-refractivity contribution in [2.75, 3.05) is 12.4 Å². The molecule has 4 rings (SSSR count). The maximum Gasteiger partial charge on any atom is 0.295 e. The number of thiophene rings is 1. The second-order valence-corrected chi connectivity index (χ2v) is 6.59. The van der Waals surface area contributed by atoms with E-state index in [1.165, 1.54) is 0 Å². The number of hydrogen-bond acceptors (Lipinski definition) is 5. The zero-order valence-corrected chi connectivity index (χ0v) is 15.3. The van der Waals surface area contributed by atoms with Crippen LogP contribution in [0, 0.1) is 0 Å². The summed E-state index contributed by atoms with van der Waals surface area (Å²) >= 11 is 1.54. The highest BCUT2D eigenvalue weighted by atomic mass is 32.1. The van der Waals surface area contributed by atoms with Gasteiger partial charge >= 0.3 is 0 Å². The van der Waals surface area contributed by atoms with Gasteiger partial charge in [-0.25, -0.2) is 9.67 Å². The van der Waals surface area contributed by atoms with Gasteiger partial charge in [0, 0.05) is 0 Å². The van der Waals surface area contributed by atoms with Crippen LogP contribution in [0.2, 0.25) is 0 Å². The highest BCUT2D eigenvalue weighted by Crippen LogP contribution is 2.27. The molecule has 2 aromatic carbocycles. The molecule has 6 nitrogen and oxygen atoms in total. The van der Waals surface area contributed by atoms with Crippen LogP contribution in [0.25, 0.3) is 16.4 Å². The van der Waals surface area contributed by atoms with Gasteiger partial charge in [-0.15, -0.1) is 16.4 Å². The molecular formula is C20H16N4O2S. The molecule has 1 amide bonds. The molecule has 0 atom stereocenters. The number of para-hydroxylation sites is 3. The number of rotatable bonds is 5. The Labute approximate surface area is 160 Å². The van der Waals surface area contributed by atoms with Crippen LogP contribution in [0.4, 0.5) is 5.69 Å². The van der Waals surface area contributed by atoms with Crippen molar-refractivity contribution in [3.63, 3.8) is 0 Å². The minimum absolute atomic E-state index is 0.0909. The van der Waals surface area contributed by atoms with Crippen LogP contribution in [-0.2, 0) is 0 Å². The second-order valence-electron chi connectivity index (χ2n) is 5.64. The number of methoxy groups -OCH3 is 1. The number of hydrogen-bond donors (Lipinski definition) is 1. The molecule has 2 heterocycles. The molecule has 0 saturated carbocycles. The number of amides is 1. The number of ether oxygens (including phenoxy) is 1. The molecule has 0 bridgehead atoms. The Morgan fingerprint density at radius 2 is 1.81 bits per heavy atom. The zero-order valence-electron chi connectivity index (χ0n) is 14.5. The van der Waals surface area contributed by atoms with E-state index in [0.29, 0.717) is 17.3 Å². The first-order valence-electron chi connectivity index (χ1n) is 8.27. The molecule has 134 valence electrons. The normalized spacial score (nSPS) is 10.6. The highest BCUT2D eigenvalue weighted by molar-refractivity contribution is 7.13. The van der Waals surface area contributed by atoms with E-state index in [-0.39, 0.29) is 5.82 Å². The van der Waals surface area contributed by atoms with Crippen molar-refractivity contribution >= 4 is 22.9 Å². The van der Waals surface area contributed by atoms with Gasteiger partial charge < -0.3 is 10.1 Å². The third-order valence-electron chi connectivity index (χ3n) is 3.91. The Morgan fingerprint density at radius 1 is 1.04 bits per heavy atom. The Hall–Kier alpha value is -3.45. The van der Waals surface area contributed by atoms with Gasteiger partial charge in [-0.3, -0.25) is 4.79 Å². The van der Waals surface area contributed by atoms with Gasteiger partial charge in [-0.1, -0.05) is 36.4 Å².